The summed E-state index contributed by atoms with van der Waals surface area (Å²) in [7, 11) is 0. The first-order valence-electron chi connectivity index (χ1n) is 8.41. The van der Waals surface area contributed by atoms with Gasteiger partial charge < -0.3 is 14.6 Å². The fourth-order valence-electron chi connectivity index (χ4n) is 3.63. The molecular formula is C19H26O3. The van der Waals surface area contributed by atoms with Crippen LogP contribution >= 0.6 is 0 Å². The zero-order valence-electron chi connectivity index (χ0n) is 13.1. The molecule has 2 aliphatic heterocycles. The van der Waals surface area contributed by atoms with Gasteiger partial charge in [0.2, 0.25) is 0 Å². The summed E-state index contributed by atoms with van der Waals surface area (Å²) in [5.74, 6) is -0.502. The molecular weight excluding hydrogens is 276 g/mol. The van der Waals surface area contributed by atoms with Gasteiger partial charge in [0.05, 0.1) is 18.3 Å². The highest BCUT2D eigenvalue weighted by Gasteiger charge is 2.43. The van der Waals surface area contributed by atoms with Crippen LogP contribution in [-0.2, 0) is 15.9 Å². The molecule has 3 nitrogen and oxygen atoms in total. The smallest absolute Gasteiger partial charge is 0.169 e. The molecule has 0 bridgehead atoms. The van der Waals surface area contributed by atoms with Crippen molar-refractivity contribution in [3.05, 3.63) is 48.6 Å². The van der Waals surface area contributed by atoms with Crippen molar-refractivity contribution in [1.82, 2.24) is 0 Å². The lowest BCUT2D eigenvalue weighted by Gasteiger charge is -2.46. The maximum atomic E-state index is 10.6. The summed E-state index contributed by atoms with van der Waals surface area (Å²) in [5.41, 5.74) is 1.15. The standard InChI is InChI=1S/C19H26O3/c1-2-16-10-6-12-19(21-16)13-7-11-18(22-19)17(20)14-15-8-4-3-5-9-15/h2-5,8-9,16-18,20H,1,6-7,10-14H2. The molecule has 2 saturated heterocycles. The van der Waals surface area contributed by atoms with Gasteiger partial charge >= 0.3 is 0 Å². The quantitative estimate of drug-likeness (QED) is 0.864. The zero-order valence-corrected chi connectivity index (χ0v) is 13.1. The van der Waals surface area contributed by atoms with Crippen LogP contribution in [0.25, 0.3) is 0 Å². The maximum absolute atomic E-state index is 10.6. The second-order valence-corrected chi connectivity index (χ2v) is 6.50. The first kappa shape index (κ1) is 15.7. The van der Waals surface area contributed by atoms with Crippen molar-refractivity contribution in [3.63, 3.8) is 0 Å². The number of aliphatic hydroxyl groups excluding tert-OH is 1. The van der Waals surface area contributed by atoms with Crippen molar-refractivity contribution in [3.8, 4) is 0 Å². The van der Waals surface area contributed by atoms with E-state index in [1.165, 1.54) is 0 Å². The van der Waals surface area contributed by atoms with Crippen LogP contribution in [0, 0.1) is 0 Å². The minimum Gasteiger partial charge on any atom is -0.390 e. The van der Waals surface area contributed by atoms with E-state index < -0.39 is 11.9 Å². The Kier molecular flexibility index (Phi) is 4.97. The molecule has 3 heteroatoms. The Hall–Kier alpha value is -1.16. The van der Waals surface area contributed by atoms with Gasteiger partial charge in [0.1, 0.15) is 0 Å². The summed E-state index contributed by atoms with van der Waals surface area (Å²) in [4.78, 5) is 0. The lowest BCUT2D eigenvalue weighted by molar-refractivity contribution is -0.317. The first-order chi connectivity index (χ1) is 10.7. The molecule has 0 radical (unpaired) electrons. The molecule has 3 rings (SSSR count). The van der Waals surface area contributed by atoms with Gasteiger partial charge in [-0.05, 0) is 31.2 Å². The van der Waals surface area contributed by atoms with Gasteiger partial charge in [-0.3, -0.25) is 0 Å². The Morgan fingerprint density at radius 3 is 2.64 bits per heavy atom. The molecule has 4 atom stereocenters. The van der Waals surface area contributed by atoms with E-state index in [2.05, 4.69) is 6.58 Å². The van der Waals surface area contributed by atoms with Crippen LogP contribution in [0.1, 0.15) is 44.1 Å². The van der Waals surface area contributed by atoms with Crippen LogP contribution < -0.4 is 0 Å². The molecule has 2 fully saturated rings. The number of aliphatic hydroxyl groups is 1. The van der Waals surface area contributed by atoms with Crippen molar-refractivity contribution in [2.24, 2.45) is 0 Å². The predicted molar refractivity (Wildman–Crippen MR) is 86.5 cm³/mol. The summed E-state index contributed by atoms with van der Waals surface area (Å²) in [6.45, 7) is 3.84. The largest absolute Gasteiger partial charge is 0.390 e. The van der Waals surface area contributed by atoms with Gasteiger partial charge in [0, 0.05) is 19.3 Å². The van der Waals surface area contributed by atoms with E-state index in [0.29, 0.717) is 6.42 Å². The monoisotopic (exact) mass is 302 g/mol. The number of hydrogen-bond donors (Lipinski definition) is 1. The third kappa shape index (κ3) is 3.60. The minimum absolute atomic E-state index is 0.0822. The number of ether oxygens (including phenoxy) is 2. The minimum atomic E-state index is -0.502. The molecule has 22 heavy (non-hydrogen) atoms. The Balaban J connectivity index is 1.63. The Labute approximate surface area is 132 Å². The normalized spacial score (nSPS) is 33.5. The van der Waals surface area contributed by atoms with Crippen LogP contribution in [0.2, 0.25) is 0 Å². The maximum Gasteiger partial charge on any atom is 0.169 e. The number of rotatable bonds is 4. The molecule has 0 aliphatic carbocycles. The highest BCUT2D eigenvalue weighted by molar-refractivity contribution is 5.15. The Morgan fingerprint density at radius 2 is 1.91 bits per heavy atom. The van der Waals surface area contributed by atoms with E-state index in [0.717, 1.165) is 44.1 Å². The highest BCUT2D eigenvalue weighted by atomic mass is 16.7. The predicted octanol–water partition coefficient (Wildman–Crippen LogP) is 3.61. The summed E-state index contributed by atoms with van der Waals surface area (Å²) in [6.07, 6.45) is 7.87. The van der Waals surface area contributed by atoms with Crippen molar-refractivity contribution in [2.45, 2.75) is 69.0 Å². The van der Waals surface area contributed by atoms with E-state index in [-0.39, 0.29) is 12.2 Å². The average molecular weight is 302 g/mol. The summed E-state index contributed by atoms with van der Waals surface area (Å²) in [6, 6.07) is 10.1. The van der Waals surface area contributed by atoms with Crippen LogP contribution in [-0.4, -0.2) is 29.2 Å². The van der Waals surface area contributed by atoms with Gasteiger partial charge in [0.15, 0.2) is 5.79 Å². The van der Waals surface area contributed by atoms with Gasteiger partial charge in [-0.1, -0.05) is 36.4 Å². The van der Waals surface area contributed by atoms with Crippen LogP contribution in [0.3, 0.4) is 0 Å². The van der Waals surface area contributed by atoms with Crippen LogP contribution in [0.5, 0.6) is 0 Å². The average Bonchev–Trinajstić information content (AvgIpc) is 2.56. The van der Waals surface area contributed by atoms with E-state index in [1.807, 2.05) is 36.4 Å². The van der Waals surface area contributed by atoms with E-state index in [1.54, 1.807) is 0 Å². The Morgan fingerprint density at radius 1 is 1.18 bits per heavy atom. The molecule has 1 spiro atoms. The second-order valence-electron chi connectivity index (χ2n) is 6.50. The molecule has 0 saturated carbocycles. The number of hydrogen-bond acceptors (Lipinski definition) is 3. The molecule has 4 unspecified atom stereocenters. The van der Waals surface area contributed by atoms with E-state index in [9.17, 15) is 5.11 Å². The lowest BCUT2D eigenvalue weighted by Crippen LogP contribution is -2.50. The van der Waals surface area contributed by atoms with E-state index in [4.69, 9.17) is 9.47 Å². The van der Waals surface area contributed by atoms with Crippen molar-refractivity contribution in [2.75, 3.05) is 0 Å². The molecule has 1 N–H and O–H groups in total. The van der Waals surface area contributed by atoms with Crippen LogP contribution in [0.4, 0.5) is 0 Å². The SMILES string of the molecule is C=CC1CCCC2(CCCC(C(O)Cc3ccccc3)O2)O1. The molecule has 2 aliphatic rings. The molecule has 0 aromatic heterocycles. The fourth-order valence-corrected chi connectivity index (χ4v) is 3.63. The fraction of sp³-hybridized carbons (Fsp3) is 0.579. The van der Waals surface area contributed by atoms with E-state index >= 15 is 0 Å². The highest BCUT2D eigenvalue weighted by Crippen LogP contribution is 2.40. The van der Waals surface area contributed by atoms with Crippen molar-refractivity contribution < 1.29 is 14.6 Å². The second kappa shape index (κ2) is 6.95. The molecule has 1 aromatic carbocycles. The van der Waals surface area contributed by atoms with Crippen molar-refractivity contribution >= 4 is 0 Å². The summed E-state index contributed by atoms with van der Waals surface area (Å²) >= 11 is 0. The third-order valence-electron chi connectivity index (χ3n) is 4.80. The molecule has 0 amide bonds. The van der Waals surface area contributed by atoms with Gasteiger partial charge in [-0.2, -0.15) is 0 Å². The molecule has 120 valence electrons. The molecule has 1 aromatic rings. The summed E-state index contributed by atoms with van der Waals surface area (Å²) < 4.78 is 12.4. The Bertz CT molecular complexity index is 483. The summed E-state index contributed by atoms with van der Waals surface area (Å²) in [5, 5.41) is 10.6. The van der Waals surface area contributed by atoms with Gasteiger partial charge in [-0.15, -0.1) is 6.58 Å². The van der Waals surface area contributed by atoms with Gasteiger partial charge in [0.25, 0.3) is 0 Å². The third-order valence-corrected chi connectivity index (χ3v) is 4.80. The van der Waals surface area contributed by atoms with Crippen LogP contribution in [0.15, 0.2) is 43.0 Å². The van der Waals surface area contributed by atoms with Gasteiger partial charge in [-0.25, -0.2) is 0 Å². The topological polar surface area (TPSA) is 38.7 Å². The van der Waals surface area contributed by atoms with Crippen molar-refractivity contribution in [1.29, 1.82) is 0 Å². The first-order valence-corrected chi connectivity index (χ1v) is 8.41. The molecule has 2 heterocycles. The number of benzene rings is 1. The lowest BCUT2D eigenvalue weighted by atomic mass is 9.90. The zero-order chi connectivity index (χ0) is 15.4.